The lowest BCUT2D eigenvalue weighted by Gasteiger charge is -2.30. The van der Waals surface area contributed by atoms with Gasteiger partial charge >= 0.3 is 0 Å². The number of alkyl halides is 1. The Hall–Kier alpha value is -0.890. The molecule has 0 aliphatic heterocycles. The van der Waals surface area contributed by atoms with Gasteiger partial charge in [-0.1, -0.05) is 24.3 Å². The van der Waals surface area contributed by atoms with E-state index in [1.807, 2.05) is 24.3 Å². The van der Waals surface area contributed by atoms with E-state index in [0.29, 0.717) is 6.54 Å². The van der Waals surface area contributed by atoms with Crippen molar-refractivity contribution < 1.29 is 4.39 Å². The van der Waals surface area contributed by atoms with Gasteiger partial charge in [0.25, 0.3) is 0 Å². The minimum absolute atomic E-state index is 0.145. The summed E-state index contributed by atoms with van der Waals surface area (Å²) in [5, 5.41) is 0. The first kappa shape index (κ1) is 8.70. The molecule has 0 radical (unpaired) electrons. The van der Waals surface area contributed by atoms with Crippen molar-refractivity contribution in [1.29, 1.82) is 0 Å². The highest BCUT2D eigenvalue weighted by Gasteiger charge is 2.31. The summed E-state index contributed by atoms with van der Waals surface area (Å²) in [5.41, 5.74) is 7.71. The molecule has 0 bridgehead atoms. The first-order valence-corrected chi connectivity index (χ1v) is 4.74. The van der Waals surface area contributed by atoms with Crippen molar-refractivity contribution in [2.45, 2.75) is 31.5 Å². The lowest BCUT2D eigenvalue weighted by molar-refractivity contribution is 0.170. The van der Waals surface area contributed by atoms with E-state index < -0.39 is 6.17 Å². The summed E-state index contributed by atoms with van der Waals surface area (Å²) in [6.07, 6.45) is 1.09. The second-order valence-electron chi connectivity index (χ2n) is 3.65. The Morgan fingerprint density at radius 3 is 2.31 bits per heavy atom. The van der Waals surface area contributed by atoms with Gasteiger partial charge < -0.3 is 5.73 Å². The van der Waals surface area contributed by atoms with Crippen LogP contribution in [0.25, 0.3) is 0 Å². The molecule has 2 rings (SSSR count). The Balaban J connectivity index is 2.13. The van der Waals surface area contributed by atoms with Crippen LogP contribution in [-0.4, -0.2) is 6.17 Å². The fourth-order valence-corrected chi connectivity index (χ4v) is 1.74. The lowest BCUT2D eigenvalue weighted by Crippen LogP contribution is -2.24. The molecule has 2 unspecified atom stereocenters. The normalized spacial score (nSPS) is 26.9. The summed E-state index contributed by atoms with van der Waals surface area (Å²) in [6.45, 7) is 0.560. The molecule has 0 saturated heterocycles. The van der Waals surface area contributed by atoms with Crippen molar-refractivity contribution in [3.63, 3.8) is 0 Å². The minimum atomic E-state index is -0.622. The number of hydrogen-bond acceptors (Lipinski definition) is 1. The number of nitrogens with two attached hydrogens (primary N) is 1. The monoisotopic (exact) mass is 179 g/mol. The molecule has 0 heterocycles. The van der Waals surface area contributed by atoms with Crippen molar-refractivity contribution in [2.24, 2.45) is 5.73 Å². The molecular weight excluding hydrogens is 165 g/mol. The quantitative estimate of drug-likeness (QED) is 0.741. The van der Waals surface area contributed by atoms with Crippen LogP contribution in [0, 0.1) is 0 Å². The lowest BCUT2D eigenvalue weighted by atomic mass is 9.78. The average molecular weight is 179 g/mol. The smallest absolute Gasteiger partial charge is 0.107 e. The van der Waals surface area contributed by atoms with E-state index in [-0.39, 0.29) is 5.92 Å². The van der Waals surface area contributed by atoms with Crippen LogP contribution in [0.1, 0.15) is 29.9 Å². The van der Waals surface area contributed by atoms with Gasteiger partial charge in [-0.15, -0.1) is 0 Å². The third kappa shape index (κ3) is 1.59. The Kier molecular flexibility index (Phi) is 2.32. The van der Waals surface area contributed by atoms with Gasteiger partial charge in [0, 0.05) is 12.5 Å². The van der Waals surface area contributed by atoms with Crippen LogP contribution in [0.3, 0.4) is 0 Å². The molecule has 2 N–H and O–H groups in total. The summed E-state index contributed by atoms with van der Waals surface area (Å²) in [7, 11) is 0. The van der Waals surface area contributed by atoms with Crippen LogP contribution in [0.4, 0.5) is 4.39 Å². The van der Waals surface area contributed by atoms with Crippen LogP contribution < -0.4 is 5.73 Å². The molecule has 0 spiro atoms. The van der Waals surface area contributed by atoms with E-state index in [2.05, 4.69) is 0 Å². The van der Waals surface area contributed by atoms with E-state index >= 15 is 0 Å². The first-order valence-electron chi connectivity index (χ1n) is 4.74. The molecule has 0 amide bonds. The van der Waals surface area contributed by atoms with Crippen LogP contribution in [0.2, 0.25) is 0 Å². The first-order chi connectivity index (χ1) is 6.31. The molecule has 2 atom stereocenters. The van der Waals surface area contributed by atoms with E-state index in [9.17, 15) is 4.39 Å². The molecule has 0 aromatic heterocycles. The predicted molar refractivity (Wildman–Crippen MR) is 51.2 cm³/mol. The van der Waals surface area contributed by atoms with Gasteiger partial charge in [0.15, 0.2) is 0 Å². The second-order valence-corrected chi connectivity index (χ2v) is 3.65. The van der Waals surface area contributed by atoms with Gasteiger partial charge in [0.05, 0.1) is 0 Å². The van der Waals surface area contributed by atoms with Gasteiger partial charge in [-0.3, -0.25) is 0 Å². The van der Waals surface area contributed by atoms with Gasteiger partial charge in [0.1, 0.15) is 6.17 Å². The van der Waals surface area contributed by atoms with Crippen molar-refractivity contribution in [2.75, 3.05) is 0 Å². The van der Waals surface area contributed by atoms with Crippen molar-refractivity contribution >= 4 is 0 Å². The molecule has 1 aromatic carbocycles. The maximum Gasteiger partial charge on any atom is 0.107 e. The summed E-state index contributed by atoms with van der Waals surface area (Å²) in [4.78, 5) is 0. The van der Waals surface area contributed by atoms with Crippen LogP contribution in [0.5, 0.6) is 0 Å². The van der Waals surface area contributed by atoms with Crippen LogP contribution in [0.15, 0.2) is 24.3 Å². The highest BCUT2D eigenvalue weighted by molar-refractivity contribution is 5.27. The predicted octanol–water partition coefficient (Wildman–Crippen LogP) is 2.36. The molecule has 2 heteroatoms. The fourth-order valence-electron chi connectivity index (χ4n) is 1.74. The Morgan fingerprint density at radius 1 is 1.23 bits per heavy atom. The Bertz CT molecular complexity index is 281. The van der Waals surface area contributed by atoms with Crippen LogP contribution >= 0.6 is 0 Å². The summed E-state index contributed by atoms with van der Waals surface area (Å²) in [5.74, 6) is 0.145. The second kappa shape index (κ2) is 3.46. The number of rotatable bonds is 2. The minimum Gasteiger partial charge on any atom is -0.326 e. The van der Waals surface area contributed by atoms with Crippen molar-refractivity contribution in [3.8, 4) is 0 Å². The van der Waals surface area contributed by atoms with Crippen molar-refractivity contribution in [1.82, 2.24) is 0 Å². The molecular formula is C11H14FN. The molecule has 1 fully saturated rings. The van der Waals surface area contributed by atoms with E-state index in [0.717, 1.165) is 24.0 Å². The summed E-state index contributed by atoms with van der Waals surface area (Å²) < 4.78 is 13.0. The van der Waals surface area contributed by atoms with Crippen molar-refractivity contribution in [3.05, 3.63) is 35.4 Å². The molecule has 1 aliphatic rings. The summed E-state index contributed by atoms with van der Waals surface area (Å²) >= 11 is 0. The SMILES string of the molecule is NCc1ccc(C2CCC2F)cc1. The Morgan fingerprint density at radius 2 is 1.92 bits per heavy atom. The maximum atomic E-state index is 13.0. The van der Waals surface area contributed by atoms with Gasteiger partial charge in [-0.25, -0.2) is 4.39 Å². The molecule has 1 saturated carbocycles. The molecule has 13 heavy (non-hydrogen) atoms. The standard InChI is InChI=1S/C11H14FN/c12-11-6-5-10(11)9-3-1-8(7-13)2-4-9/h1-4,10-11H,5-7,13H2. The zero-order valence-corrected chi connectivity index (χ0v) is 7.54. The van der Waals surface area contributed by atoms with Crippen LogP contribution in [-0.2, 0) is 6.54 Å². The fraction of sp³-hybridized carbons (Fsp3) is 0.455. The zero-order valence-electron chi connectivity index (χ0n) is 7.54. The highest BCUT2D eigenvalue weighted by Crippen LogP contribution is 2.39. The average Bonchev–Trinajstić information content (AvgIpc) is 2.17. The number of halogens is 1. The number of benzene rings is 1. The molecule has 1 aromatic rings. The molecule has 1 nitrogen and oxygen atoms in total. The van der Waals surface area contributed by atoms with Gasteiger partial charge in [-0.2, -0.15) is 0 Å². The van der Waals surface area contributed by atoms with Gasteiger partial charge in [-0.05, 0) is 24.0 Å². The number of hydrogen-bond donors (Lipinski definition) is 1. The van der Waals surface area contributed by atoms with Gasteiger partial charge in [0.2, 0.25) is 0 Å². The largest absolute Gasteiger partial charge is 0.326 e. The molecule has 1 aliphatic carbocycles. The van der Waals surface area contributed by atoms with E-state index in [4.69, 9.17) is 5.73 Å². The Labute approximate surface area is 77.8 Å². The topological polar surface area (TPSA) is 26.0 Å². The van der Waals surface area contributed by atoms with E-state index in [1.165, 1.54) is 0 Å². The van der Waals surface area contributed by atoms with E-state index in [1.54, 1.807) is 0 Å². The summed E-state index contributed by atoms with van der Waals surface area (Å²) in [6, 6.07) is 7.97. The molecule has 70 valence electrons. The third-order valence-electron chi connectivity index (χ3n) is 2.83. The zero-order chi connectivity index (χ0) is 9.26. The highest BCUT2D eigenvalue weighted by atomic mass is 19.1. The maximum absolute atomic E-state index is 13.0. The third-order valence-corrected chi connectivity index (χ3v) is 2.83.